The number of ketones is 1. The molecular formula is C27H22FNO4. The minimum atomic E-state index is -1.10. The number of fused-ring (bicyclic) bond motifs is 1. The second-order valence-electron chi connectivity index (χ2n) is 8.30. The van der Waals surface area contributed by atoms with Crippen molar-refractivity contribution >= 4 is 23.1 Å². The summed E-state index contributed by atoms with van der Waals surface area (Å²) >= 11 is 0. The lowest BCUT2D eigenvalue weighted by Crippen LogP contribution is -2.29. The number of halogens is 1. The van der Waals surface area contributed by atoms with Gasteiger partial charge in [0.25, 0.3) is 11.7 Å². The number of amides is 1. The molecule has 1 fully saturated rings. The lowest BCUT2D eigenvalue weighted by molar-refractivity contribution is -0.132. The Kier molecular flexibility index (Phi) is 5.21. The first kappa shape index (κ1) is 20.9. The Balaban J connectivity index is 1.71. The Morgan fingerprint density at radius 1 is 1.06 bits per heavy atom. The van der Waals surface area contributed by atoms with E-state index in [2.05, 4.69) is 0 Å². The largest absolute Gasteiger partial charge is 0.507 e. The van der Waals surface area contributed by atoms with Crippen LogP contribution in [0, 0.1) is 12.7 Å². The fourth-order valence-electron chi connectivity index (χ4n) is 4.46. The van der Waals surface area contributed by atoms with E-state index < -0.39 is 23.5 Å². The smallest absolute Gasteiger partial charge is 0.300 e. The number of rotatable bonds is 3. The van der Waals surface area contributed by atoms with Crippen LogP contribution < -0.4 is 9.64 Å². The highest BCUT2D eigenvalue weighted by Gasteiger charge is 2.47. The van der Waals surface area contributed by atoms with Gasteiger partial charge in [-0.1, -0.05) is 35.9 Å². The molecule has 33 heavy (non-hydrogen) atoms. The van der Waals surface area contributed by atoms with Gasteiger partial charge in [0.05, 0.1) is 18.2 Å². The van der Waals surface area contributed by atoms with E-state index in [1.165, 1.54) is 17.0 Å². The predicted molar refractivity (Wildman–Crippen MR) is 123 cm³/mol. The van der Waals surface area contributed by atoms with Crippen LogP contribution >= 0.6 is 0 Å². The van der Waals surface area contributed by atoms with Gasteiger partial charge in [0, 0.05) is 16.8 Å². The number of hydrogen-bond donors (Lipinski definition) is 1. The average molecular weight is 443 g/mol. The molecule has 2 aliphatic rings. The van der Waals surface area contributed by atoms with E-state index in [0.29, 0.717) is 17.9 Å². The van der Waals surface area contributed by atoms with Crippen LogP contribution in [0.25, 0.3) is 5.76 Å². The van der Waals surface area contributed by atoms with Gasteiger partial charge in [-0.15, -0.1) is 0 Å². The fourth-order valence-corrected chi connectivity index (χ4v) is 4.46. The van der Waals surface area contributed by atoms with Crippen molar-refractivity contribution in [3.63, 3.8) is 0 Å². The van der Waals surface area contributed by atoms with Gasteiger partial charge >= 0.3 is 0 Å². The molecule has 1 atom stereocenters. The summed E-state index contributed by atoms with van der Waals surface area (Å²) in [6, 6.07) is 17.1. The molecule has 0 saturated carbocycles. The van der Waals surface area contributed by atoms with E-state index in [4.69, 9.17) is 4.74 Å². The Labute approximate surface area is 190 Å². The van der Waals surface area contributed by atoms with Crippen LogP contribution in [0.2, 0.25) is 0 Å². The van der Waals surface area contributed by atoms with Crippen LogP contribution in [0.4, 0.5) is 10.1 Å². The third-order valence-corrected chi connectivity index (χ3v) is 6.14. The summed E-state index contributed by atoms with van der Waals surface area (Å²) in [7, 11) is 0. The molecule has 5 nitrogen and oxygen atoms in total. The normalized spacial score (nSPS) is 19.3. The third kappa shape index (κ3) is 3.57. The van der Waals surface area contributed by atoms with Gasteiger partial charge in [-0.05, 0) is 61.7 Å². The van der Waals surface area contributed by atoms with Crippen LogP contribution in [-0.4, -0.2) is 23.4 Å². The van der Waals surface area contributed by atoms with Gasteiger partial charge in [-0.3, -0.25) is 14.5 Å². The van der Waals surface area contributed by atoms with Crippen molar-refractivity contribution in [2.75, 3.05) is 11.5 Å². The summed E-state index contributed by atoms with van der Waals surface area (Å²) < 4.78 is 20.6. The molecule has 2 heterocycles. The minimum Gasteiger partial charge on any atom is -0.507 e. The van der Waals surface area contributed by atoms with Crippen molar-refractivity contribution in [2.24, 2.45) is 0 Å². The van der Waals surface area contributed by atoms with E-state index in [1.54, 1.807) is 42.5 Å². The summed E-state index contributed by atoms with van der Waals surface area (Å²) in [5.41, 5.74) is 2.74. The number of aliphatic hydroxyl groups is 1. The number of nitrogens with zero attached hydrogens (tertiary/aromatic N) is 1. The molecule has 0 bridgehead atoms. The molecule has 5 rings (SSSR count). The predicted octanol–water partition coefficient (Wildman–Crippen LogP) is 5.09. The number of aryl methyl sites for hydroxylation is 2. The van der Waals surface area contributed by atoms with Crippen LogP contribution in [-0.2, 0) is 16.0 Å². The molecule has 1 saturated heterocycles. The maximum Gasteiger partial charge on any atom is 0.300 e. The Morgan fingerprint density at radius 3 is 2.58 bits per heavy atom. The Hall–Kier alpha value is -3.93. The number of Topliss-reactive ketones (excluding diaryl/α,β-unsaturated/α-hetero) is 1. The molecule has 0 spiro atoms. The molecule has 0 aliphatic carbocycles. The van der Waals surface area contributed by atoms with Crippen LogP contribution in [0.15, 0.2) is 72.3 Å². The molecule has 3 aromatic rings. The maximum absolute atomic E-state index is 14.9. The molecule has 2 aliphatic heterocycles. The number of benzene rings is 3. The molecule has 166 valence electrons. The zero-order chi connectivity index (χ0) is 23.1. The third-order valence-electron chi connectivity index (χ3n) is 6.14. The number of ether oxygens (including phenoxy) is 1. The molecule has 6 heteroatoms. The summed E-state index contributed by atoms with van der Waals surface area (Å²) in [6.07, 6.45) is 1.63. The lowest BCUT2D eigenvalue weighted by atomic mass is 9.93. The number of anilines is 1. The van der Waals surface area contributed by atoms with Crippen LogP contribution in [0.3, 0.4) is 0 Å². The Bertz CT molecular complexity index is 1300. The van der Waals surface area contributed by atoms with Crippen molar-refractivity contribution in [2.45, 2.75) is 25.8 Å². The SMILES string of the molecule is Cc1ccc(N2C(=O)C(=O)/C(=C(/O)c3ccc4c(c3)CCCO4)C2c2ccccc2F)cc1. The first-order chi connectivity index (χ1) is 16.0. The second kappa shape index (κ2) is 8.20. The zero-order valence-corrected chi connectivity index (χ0v) is 18.0. The van der Waals surface area contributed by atoms with Gasteiger partial charge in [0.2, 0.25) is 0 Å². The molecule has 1 N–H and O–H groups in total. The highest BCUT2D eigenvalue weighted by Crippen LogP contribution is 2.43. The van der Waals surface area contributed by atoms with Crippen molar-refractivity contribution < 1.29 is 23.8 Å². The first-order valence-corrected chi connectivity index (χ1v) is 10.8. The first-order valence-electron chi connectivity index (χ1n) is 10.8. The summed E-state index contributed by atoms with van der Waals surface area (Å²) in [5, 5.41) is 11.3. The van der Waals surface area contributed by atoms with Crippen LogP contribution in [0.5, 0.6) is 5.75 Å². The van der Waals surface area contributed by atoms with Gasteiger partial charge in [0.15, 0.2) is 0 Å². The van der Waals surface area contributed by atoms with Gasteiger partial charge < -0.3 is 9.84 Å². The van der Waals surface area contributed by atoms with Crippen molar-refractivity contribution in [3.8, 4) is 5.75 Å². The number of aliphatic hydroxyl groups excluding tert-OH is 1. The molecule has 0 aromatic heterocycles. The summed E-state index contributed by atoms with van der Waals surface area (Å²) in [4.78, 5) is 27.6. The fraction of sp³-hybridized carbons (Fsp3) is 0.185. The Morgan fingerprint density at radius 2 is 1.82 bits per heavy atom. The monoisotopic (exact) mass is 443 g/mol. The topological polar surface area (TPSA) is 66.8 Å². The van der Waals surface area contributed by atoms with E-state index in [-0.39, 0.29) is 16.9 Å². The van der Waals surface area contributed by atoms with Crippen LogP contribution in [0.1, 0.15) is 34.7 Å². The molecule has 1 amide bonds. The van der Waals surface area contributed by atoms with E-state index in [9.17, 15) is 19.1 Å². The van der Waals surface area contributed by atoms with Crippen molar-refractivity contribution in [1.82, 2.24) is 0 Å². The van der Waals surface area contributed by atoms with Crippen molar-refractivity contribution in [1.29, 1.82) is 0 Å². The van der Waals surface area contributed by atoms with E-state index in [1.807, 2.05) is 19.1 Å². The molecular weight excluding hydrogens is 421 g/mol. The summed E-state index contributed by atoms with van der Waals surface area (Å²) in [5.74, 6) is -1.82. The number of hydrogen-bond acceptors (Lipinski definition) is 4. The van der Waals surface area contributed by atoms with Gasteiger partial charge in [-0.2, -0.15) is 0 Å². The highest BCUT2D eigenvalue weighted by molar-refractivity contribution is 6.51. The standard InChI is InChI=1S/C27H22FNO4/c1-16-8-11-19(12-9-16)29-24(20-6-2-3-7-21(20)28)23(26(31)27(29)32)25(30)18-10-13-22-17(15-18)5-4-14-33-22/h2-3,6-13,15,24,30H,4-5,14H2,1H3/b25-23+. The quantitative estimate of drug-likeness (QED) is 0.348. The maximum atomic E-state index is 14.9. The summed E-state index contributed by atoms with van der Waals surface area (Å²) in [6.45, 7) is 2.54. The molecule has 1 unspecified atom stereocenters. The number of carbonyl (C=O) groups excluding carboxylic acids is 2. The zero-order valence-electron chi connectivity index (χ0n) is 18.0. The minimum absolute atomic E-state index is 0.137. The van der Waals surface area contributed by atoms with Gasteiger partial charge in [0.1, 0.15) is 17.3 Å². The highest BCUT2D eigenvalue weighted by atomic mass is 19.1. The van der Waals surface area contributed by atoms with Crippen molar-refractivity contribution in [3.05, 3.63) is 100 Å². The second-order valence-corrected chi connectivity index (χ2v) is 8.30. The van der Waals surface area contributed by atoms with E-state index in [0.717, 1.165) is 29.7 Å². The number of carbonyl (C=O) groups is 2. The average Bonchev–Trinajstić information content (AvgIpc) is 3.09. The lowest BCUT2D eigenvalue weighted by Gasteiger charge is -2.26. The molecule has 3 aromatic carbocycles. The van der Waals surface area contributed by atoms with Gasteiger partial charge in [-0.25, -0.2) is 4.39 Å². The molecule has 0 radical (unpaired) electrons. The van der Waals surface area contributed by atoms with E-state index >= 15 is 0 Å².